The summed E-state index contributed by atoms with van der Waals surface area (Å²) >= 11 is 0. The van der Waals surface area contributed by atoms with Gasteiger partial charge in [0.15, 0.2) is 0 Å². The van der Waals surface area contributed by atoms with Crippen LogP contribution in [0.25, 0.3) is 0 Å². The zero-order chi connectivity index (χ0) is 13.4. The van der Waals surface area contributed by atoms with Gasteiger partial charge in [-0.1, -0.05) is 20.3 Å². The highest BCUT2D eigenvalue weighted by atomic mass is 16.3. The molecule has 0 aromatic carbocycles. The van der Waals surface area contributed by atoms with Gasteiger partial charge in [-0.15, -0.1) is 0 Å². The minimum absolute atomic E-state index is 0.224. The summed E-state index contributed by atoms with van der Waals surface area (Å²) in [5, 5.41) is 12.1. The van der Waals surface area contributed by atoms with E-state index in [4.69, 9.17) is 5.11 Å². The van der Waals surface area contributed by atoms with Crippen LogP contribution in [0, 0.1) is 17.8 Å². The van der Waals surface area contributed by atoms with Gasteiger partial charge >= 0.3 is 0 Å². The smallest absolute Gasteiger partial charge is 0.223 e. The van der Waals surface area contributed by atoms with E-state index < -0.39 is 0 Å². The van der Waals surface area contributed by atoms with E-state index in [1.165, 1.54) is 12.8 Å². The van der Waals surface area contributed by atoms with E-state index in [2.05, 4.69) is 19.2 Å². The maximum absolute atomic E-state index is 12.0. The zero-order valence-corrected chi connectivity index (χ0v) is 12.0. The summed E-state index contributed by atoms with van der Waals surface area (Å²) in [5.74, 6) is 1.70. The summed E-state index contributed by atoms with van der Waals surface area (Å²) in [6, 6.07) is 0. The quantitative estimate of drug-likeness (QED) is 0.735. The average Bonchev–Trinajstić information content (AvgIpc) is 2.37. The van der Waals surface area contributed by atoms with Crippen molar-refractivity contribution in [2.45, 2.75) is 58.8 Å². The van der Waals surface area contributed by atoms with Crippen LogP contribution in [0.15, 0.2) is 0 Å². The van der Waals surface area contributed by atoms with Crippen molar-refractivity contribution in [3.63, 3.8) is 0 Å². The van der Waals surface area contributed by atoms with E-state index in [1.807, 2.05) is 0 Å². The molecule has 1 rings (SSSR count). The van der Waals surface area contributed by atoms with Gasteiger partial charge in [0.05, 0.1) is 0 Å². The summed E-state index contributed by atoms with van der Waals surface area (Å²) < 4.78 is 0. The monoisotopic (exact) mass is 255 g/mol. The van der Waals surface area contributed by atoms with Crippen LogP contribution in [-0.4, -0.2) is 24.2 Å². The van der Waals surface area contributed by atoms with Gasteiger partial charge in [0.25, 0.3) is 0 Å². The maximum Gasteiger partial charge on any atom is 0.223 e. The molecule has 1 fully saturated rings. The molecule has 0 bridgehead atoms. The molecule has 0 spiro atoms. The fourth-order valence-corrected chi connectivity index (χ4v) is 2.85. The molecule has 1 saturated carbocycles. The number of amides is 1. The van der Waals surface area contributed by atoms with Gasteiger partial charge in [0.2, 0.25) is 5.91 Å². The van der Waals surface area contributed by atoms with Gasteiger partial charge in [0.1, 0.15) is 0 Å². The number of carbonyl (C=O) groups excluding carboxylic acids is 1. The molecule has 0 aromatic heterocycles. The Morgan fingerprint density at radius 3 is 2.50 bits per heavy atom. The van der Waals surface area contributed by atoms with Crippen molar-refractivity contribution in [1.29, 1.82) is 0 Å². The summed E-state index contributed by atoms with van der Waals surface area (Å²) in [6.07, 6.45) is 7.47. The molecule has 0 heterocycles. The third-order valence-electron chi connectivity index (χ3n) is 4.19. The Labute approximate surface area is 111 Å². The fourth-order valence-electron chi connectivity index (χ4n) is 2.85. The molecule has 18 heavy (non-hydrogen) atoms. The topological polar surface area (TPSA) is 49.3 Å². The predicted octanol–water partition coefficient (Wildman–Crippen LogP) is 2.73. The van der Waals surface area contributed by atoms with Crippen LogP contribution in [0.2, 0.25) is 0 Å². The molecule has 1 atom stereocenters. The molecule has 0 aromatic rings. The maximum atomic E-state index is 12.0. The lowest BCUT2D eigenvalue weighted by molar-refractivity contribution is -0.126. The third kappa shape index (κ3) is 5.38. The molecule has 1 aliphatic carbocycles. The number of nitrogens with one attached hydrogen (secondary N) is 1. The molecule has 1 amide bonds. The van der Waals surface area contributed by atoms with E-state index in [0.29, 0.717) is 5.92 Å². The number of aliphatic hydroxyl groups excluding tert-OH is 1. The lowest BCUT2D eigenvalue weighted by atomic mass is 9.82. The van der Waals surface area contributed by atoms with Crippen LogP contribution >= 0.6 is 0 Å². The summed E-state index contributed by atoms with van der Waals surface area (Å²) in [6.45, 7) is 5.38. The Morgan fingerprint density at radius 2 is 1.94 bits per heavy atom. The summed E-state index contributed by atoms with van der Waals surface area (Å²) in [5.41, 5.74) is 0. The van der Waals surface area contributed by atoms with E-state index in [1.54, 1.807) is 0 Å². The molecule has 0 saturated heterocycles. The fraction of sp³-hybridized carbons (Fsp3) is 0.933. The van der Waals surface area contributed by atoms with Crippen molar-refractivity contribution >= 4 is 5.91 Å². The van der Waals surface area contributed by atoms with Crippen LogP contribution in [0.1, 0.15) is 58.8 Å². The molecule has 106 valence electrons. The highest BCUT2D eigenvalue weighted by molar-refractivity contribution is 5.78. The van der Waals surface area contributed by atoms with Crippen molar-refractivity contribution in [1.82, 2.24) is 5.32 Å². The van der Waals surface area contributed by atoms with Gasteiger partial charge in [-0.05, 0) is 50.4 Å². The van der Waals surface area contributed by atoms with Crippen LogP contribution in [0.3, 0.4) is 0 Å². The van der Waals surface area contributed by atoms with Crippen molar-refractivity contribution in [2.24, 2.45) is 17.8 Å². The van der Waals surface area contributed by atoms with Crippen molar-refractivity contribution in [3.8, 4) is 0 Å². The minimum atomic E-state index is 0.224. The highest BCUT2D eigenvalue weighted by Crippen LogP contribution is 2.28. The first kappa shape index (κ1) is 15.5. The van der Waals surface area contributed by atoms with Gasteiger partial charge in [-0.2, -0.15) is 0 Å². The lowest BCUT2D eigenvalue weighted by Crippen LogP contribution is -2.36. The Balaban J connectivity index is 2.26. The normalized spacial score (nSPS) is 25.7. The molecule has 0 radical (unpaired) electrons. The van der Waals surface area contributed by atoms with Crippen molar-refractivity contribution in [3.05, 3.63) is 0 Å². The largest absolute Gasteiger partial charge is 0.396 e. The first-order valence-electron chi connectivity index (χ1n) is 7.55. The minimum Gasteiger partial charge on any atom is -0.396 e. The molecule has 3 heteroatoms. The standard InChI is InChI=1S/C15H29NO2/c1-3-4-13(9-10-17)11-16-15(18)14-7-5-12(2)6-8-14/h12-14,17H,3-11H2,1-2H3,(H,16,18). The van der Waals surface area contributed by atoms with Crippen LogP contribution in [-0.2, 0) is 4.79 Å². The SMILES string of the molecule is CCCC(CCO)CNC(=O)C1CCC(C)CC1. The van der Waals surface area contributed by atoms with Gasteiger partial charge in [0, 0.05) is 19.1 Å². The third-order valence-corrected chi connectivity index (χ3v) is 4.19. The van der Waals surface area contributed by atoms with Crippen molar-refractivity contribution < 1.29 is 9.90 Å². The lowest BCUT2D eigenvalue weighted by Gasteiger charge is -2.26. The molecule has 3 nitrogen and oxygen atoms in total. The van der Waals surface area contributed by atoms with E-state index in [9.17, 15) is 4.79 Å². The Kier molecular flexibility index (Phi) is 7.33. The van der Waals surface area contributed by atoms with Gasteiger partial charge < -0.3 is 10.4 Å². The Morgan fingerprint density at radius 1 is 1.28 bits per heavy atom. The van der Waals surface area contributed by atoms with E-state index >= 15 is 0 Å². The van der Waals surface area contributed by atoms with Gasteiger partial charge in [-0.3, -0.25) is 4.79 Å². The Hall–Kier alpha value is -0.570. The second kappa shape index (κ2) is 8.52. The van der Waals surface area contributed by atoms with Gasteiger partial charge in [-0.25, -0.2) is 0 Å². The number of hydrogen-bond acceptors (Lipinski definition) is 2. The van der Waals surface area contributed by atoms with Crippen LogP contribution in [0.5, 0.6) is 0 Å². The number of aliphatic hydroxyl groups is 1. The van der Waals surface area contributed by atoms with Crippen LogP contribution in [0.4, 0.5) is 0 Å². The molecule has 1 unspecified atom stereocenters. The number of hydrogen-bond donors (Lipinski definition) is 2. The highest BCUT2D eigenvalue weighted by Gasteiger charge is 2.24. The first-order valence-corrected chi connectivity index (χ1v) is 7.55. The summed E-state index contributed by atoms with van der Waals surface area (Å²) in [7, 11) is 0. The number of carbonyl (C=O) groups is 1. The zero-order valence-electron chi connectivity index (χ0n) is 12.0. The number of rotatable bonds is 7. The Bertz CT molecular complexity index is 229. The average molecular weight is 255 g/mol. The first-order chi connectivity index (χ1) is 8.67. The second-order valence-electron chi connectivity index (χ2n) is 5.87. The molecule has 0 aliphatic heterocycles. The van der Waals surface area contributed by atoms with E-state index in [-0.39, 0.29) is 18.4 Å². The van der Waals surface area contributed by atoms with E-state index in [0.717, 1.165) is 44.6 Å². The van der Waals surface area contributed by atoms with Crippen molar-refractivity contribution in [2.75, 3.05) is 13.2 Å². The molecule has 1 aliphatic rings. The van der Waals surface area contributed by atoms with Crippen LogP contribution < -0.4 is 5.32 Å². The summed E-state index contributed by atoms with van der Waals surface area (Å²) in [4.78, 5) is 12.0. The predicted molar refractivity (Wildman–Crippen MR) is 74.2 cm³/mol. The molecular weight excluding hydrogens is 226 g/mol. The molecular formula is C15H29NO2. The second-order valence-corrected chi connectivity index (χ2v) is 5.87. The molecule has 2 N–H and O–H groups in total.